The Bertz CT molecular complexity index is 1080. The van der Waals surface area contributed by atoms with Crippen LogP contribution in [0.2, 0.25) is 0 Å². The van der Waals surface area contributed by atoms with Gasteiger partial charge in [0, 0.05) is 12.6 Å². The molecule has 1 atom stereocenters. The second-order valence-electron chi connectivity index (χ2n) is 7.56. The fraction of sp³-hybridized carbons (Fsp3) is 0.381. The van der Waals surface area contributed by atoms with Crippen LogP contribution in [0.1, 0.15) is 29.8 Å². The topological polar surface area (TPSA) is 129 Å². The molecule has 1 amide bonds. The normalized spacial score (nSPS) is 18.5. The maximum absolute atomic E-state index is 14.1. The van der Waals surface area contributed by atoms with Crippen LogP contribution in [0, 0.1) is 11.6 Å². The first-order chi connectivity index (χ1) is 16.2. The first-order valence-corrected chi connectivity index (χ1v) is 11.3. The van der Waals surface area contributed by atoms with E-state index in [1.807, 2.05) is 0 Å². The molecule has 1 aromatic carbocycles. The number of benzene rings is 1. The van der Waals surface area contributed by atoms with E-state index < -0.39 is 42.2 Å². The molecule has 7 N–H and O–H groups in total. The summed E-state index contributed by atoms with van der Waals surface area (Å²) in [5.41, 5.74) is 10.9. The molecule has 2 aromatic rings. The Hall–Kier alpha value is -3.19. The van der Waals surface area contributed by atoms with Crippen molar-refractivity contribution in [2.24, 2.45) is 5.73 Å². The highest BCUT2D eigenvalue weighted by Gasteiger charge is 2.27. The van der Waals surface area contributed by atoms with Crippen LogP contribution in [0.15, 0.2) is 30.1 Å². The molecule has 0 unspecified atom stereocenters. The number of carbonyl (C=O) groups is 1. The van der Waals surface area contributed by atoms with Crippen LogP contribution in [0.4, 0.5) is 22.6 Å². The minimum Gasteiger partial charge on any atom is -0.403 e. The van der Waals surface area contributed by atoms with E-state index >= 15 is 0 Å². The summed E-state index contributed by atoms with van der Waals surface area (Å²) in [6, 6.07) is 3.31. The number of carbonyl (C=O) groups excluding carboxylic acids is 1. The molecule has 1 aromatic heterocycles. The van der Waals surface area contributed by atoms with Crippen LogP contribution in [-0.2, 0) is 0 Å². The number of thiazole rings is 1. The minimum atomic E-state index is -2.67. The first-order valence-electron chi connectivity index (χ1n) is 10.5. The third kappa shape index (κ3) is 6.03. The molecule has 0 saturated carbocycles. The average molecular weight is 502 g/mol. The molecule has 184 valence electrons. The summed E-state index contributed by atoms with van der Waals surface area (Å²) in [7, 11) is 0. The Kier molecular flexibility index (Phi) is 8.45. The highest BCUT2D eigenvalue weighted by atomic mass is 32.1. The lowest BCUT2D eigenvalue weighted by atomic mass is 10.2. The van der Waals surface area contributed by atoms with Gasteiger partial charge >= 0.3 is 0 Å². The quantitative estimate of drug-likeness (QED) is 0.234. The second kappa shape index (κ2) is 11.3. The van der Waals surface area contributed by atoms with Crippen molar-refractivity contribution < 1.29 is 32.0 Å². The fourth-order valence-electron chi connectivity index (χ4n) is 3.52. The van der Waals surface area contributed by atoms with E-state index in [4.69, 9.17) is 11.5 Å². The molecule has 13 heteroatoms. The van der Waals surface area contributed by atoms with Crippen molar-refractivity contribution in [1.29, 1.82) is 0 Å². The lowest BCUT2D eigenvalue weighted by molar-refractivity contribution is -0.528. The van der Waals surface area contributed by atoms with Crippen molar-refractivity contribution in [3.05, 3.63) is 47.4 Å². The molecule has 0 radical (unpaired) electrons. The Morgan fingerprint density at radius 1 is 1.29 bits per heavy atom. The van der Waals surface area contributed by atoms with Gasteiger partial charge in [-0.15, -0.1) is 0 Å². The zero-order valence-corrected chi connectivity index (χ0v) is 18.8. The van der Waals surface area contributed by atoms with Gasteiger partial charge in [-0.1, -0.05) is 17.4 Å². The molecule has 8 nitrogen and oxygen atoms in total. The van der Waals surface area contributed by atoms with Crippen LogP contribution >= 0.6 is 11.3 Å². The third-order valence-electron chi connectivity index (χ3n) is 5.15. The van der Waals surface area contributed by atoms with Crippen molar-refractivity contribution in [1.82, 2.24) is 15.6 Å². The van der Waals surface area contributed by atoms with Gasteiger partial charge in [0.05, 0.1) is 24.8 Å². The summed E-state index contributed by atoms with van der Waals surface area (Å²) in [6.45, 7) is 0.0814. The van der Waals surface area contributed by atoms with Gasteiger partial charge in [-0.25, -0.2) is 22.5 Å². The number of hydrogen-bond donors (Lipinski definition) is 5. The van der Waals surface area contributed by atoms with Crippen molar-refractivity contribution >= 4 is 28.1 Å². The Morgan fingerprint density at radius 3 is 2.65 bits per heavy atom. The van der Waals surface area contributed by atoms with Crippen LogP contribution < -0.4 is 22.1 Å². The van der Waals surface area contributed by atoms with Crippen LogP contribution in [0.25, 0.3) is 10.6 Å². The Morgan fingerprint density at radius 2 is 2.00 bits per heavy atom. The first kappa shape index (κ1) is 25.4. The van der Waals surface area contributed by atoms with Gasteiger partial charge in [-0.05, 0) is 25.0 Å². The number of aliphatic hydroxyl groups is 1. The number of anilines is 1. The van der Waals surface area contributed by atoms with E-state index in [2.05, 4.69) is 15.6 Å². The molecule has 1 fully saturated rings. The monoisotopic (exact) mass is 501 g/mol. The van der Waals surface area contributed by atoms with Crippen molar-refractivity contribution in [3.8, 4) is 10.6 Å². The predicted octanol–water partition coefficient (Wildman–Crippen LogP) is 2.01. The molecule has 34 heavy (non-hydrogen) atoms. The summed E-state index contributed by atoms with van der Waals surface area (Å²) in [6.07, 6.45) is -0.598. The maximum atomic E-state index is 14.1. The van der Waals surface area contributed by atoms with Crippen LogP contribution in [0.3, 0.4) is 0 Å². The molecular formula is C21H25F4N6O2S+. The molecule has 0 spiro atoms. The lowest BCUT2D eigenvalue weighted by Crippen LogP contribution is -2.44. The van der Waals surface area contributed by atoms with Crippen LogP contribution in [-0.4, -0.2) is 58.6 Å². The zero-order valence-electron chi connectivity index (χ0n) is 18.0. The number of aromatic nitrogens is 1. The molecule has 0 bridgehead atoms. The summed E-state index contributed by atoms with van der Waals surface area (Å²) in [5.74, 6) is -2.41. The number of amides is 1. The van der Waals surface area contributed by atoms with E-state index in [0.717, 1.165) is 29.7 Å². The molecule has 1 saturated heterocycles. The molecule has 1 aliphatic rings. The highest BCUT2D eigenvalue weighted by Crippen LogP contribution is 2.33. The minimum absolute atomic E-state index is 0.00642. The number of halogens is 4. The van der Waals surface area contributed by atoms with E-state index in [-0.39, 0.29) is 27.2 Å². The molecule has 0 aliphatic carbocycles. The van der Waals surface area contributed by atoms with E-state index in [1.165, 1.54) is 6.07 Å². The number of aliphatic hydroxyl groups excluding tert-OH is 1. The van der Waals surface area contributed by atoms with Crippen molar-refractivity contribution in [2.75, 3.05) is 25.4 Å². The molecule has 2 heterocycles. The fourth-order valence-corrected chi connectivity index (χ4v) is 4.40. The number of nitrogens with one attached hydrogen (secondary N) is 2. The third-order valence-corrected chi connectivity index (χ3v) is 6.05. The van der Waals surface area contributed by atoms with Gasteiger partial charge in [0.15, 0.2) is 5.69 Å². The number of nitrogen functional groups attached to an aromatic ring is 1. The van der Waals surface area contributed by atoms with E-state index in [1.54, 1.807) is 4.58 Å². The number of rotatable bonds is 6. The zero-order chi connectivity index (χ0) is 24.8. The summed E-state index contributed by atoms with van der Waals surface area (Å²) in [4.78, 5) is 16.9. The highest BCUT2D eigenvalue weighted by molar-refractivity contribution is 7.19. The van der Waals surface area contributed by atoms with E-state index in [0.29, 0.717) is 32.4 Å². The summed E-state index contributed by atoms with van der Waals surface area (Å²) >= 11 is 0.728. The Labute approximate surface area is 197 Å². The van der Waals surface area contributed by atoms with Gasteiger partial charge in [-0.2, -0.15) is 0 Å². The molecular weight excluding hydrogens is 476 g/mol. The van der Waals surface area contributed by atoms with Gasteiger partial charge in [-0.3, -0.25) is 14.7 Å². The van der Waals surface area contributed by atoms with Crippen molar-refractivity contribution in [2.45, 2.75) is 31.8 Å². The smallest absolute Gasteiger partial charge is 0.295 e. The number of nitrogens with two attached hydrogens (primary N) is 2. The second-order valence-corrected chi connectivity index (χ2v) is 8.59. The number of amidine groups is 1. The SMILES string of the molecule is N/C=C(/NC(=O)c1nc(-c2c(F)cccc2F)sc1N)C(NCC(F)F)=[N+]1CCC[C@H](O)CC1. The summed E-state index contributed by atoms with van der Waals surface area (Å²) < 4.78 is 55.8. The largest absolute Gasteiger partial charge is 0.403 e. The van der Waals surface area contributed by atoms with E-state index in [9.17, 15) is 27.5 Å². The van der Waals surface area contributed by atoms with Gasteiger partial charge in [0.1, 0.15) is 33.9 Å². The molecule has 1 aliphatic heterocycles. The standard InChI is InChI=1S/C21H24F4N6O2S/c22-12-4-1-5-13(23)16(12)21-30-17(18(27)34-21)20(33)29-14(9-26)19(28-10-15(24)25)31-7-2-3-11(32)6-8-31/h1,4-5,9,11,15,32H,2-3,6-8,10H2,(H5,26,27,28,29,33)/p+1/t11-/m0/s1. The number of alkyl halides is 2. The molecule has 3 rings (SSSR count). The van der Waals surface area contributed by atoms with Gasteiger partial charge < -0.3 is 21.9 Å². The lowest BCUT2D eigenvalue weighted by Gasteiger charge is -2.14. The number of nitrogens with zero attached hydrogens (tertiary/aromatic N) is 2. The van der Waals surface area contributed by atoms with Crippen LogP contribution in [0.5, 0.6) is 0 Å². The van der Waals surface area contributed by atoms with Gasteiger partial charge in [0.2, 0.25) is 0 Å². The summed E-state index contributed by atoms with van der Waals surface area (Å²) in [5, 5.41) is 14.8. The van der Waals surface area contributed by atoms with Crippen molar-refractivity contribution in [3.63, 3.8) is 0 Å². The Balaban J connectivity index is 1.90. The van der Waals surface area contributed by atoms with Gasteiger partial charge in [0.25, 0.3) is 18.2 Å². The number of hydrogen-bond acceptors (Lipinski definition) is 6. The maximum Gasteiger partial charge on any atom is 0.295 e. The average Bonchev–Trinajstić information content (AvgIpc) is 3.03. The predicted molar refractivity (Wildman–Crippen MR) is 120 cm³/mol.